The van der Waals surface area contributed by atoms with Crippen molar-refractivity contribution in [2.24, 2.45) is 0 Å². The molecule has 2 rings (SSSR count). The van der Waals surface area contributed by atoms with Crippen LogP contribution in [0.1, 0.15) is 5.69 Å². The lowest BCUT2D eigenvalue weighted by Gasteiger charge is -2.03. The number of carbonyl (C=O) groups is 1. The summed E-state index contributed by atoms with van der Waals surface area (Å²) in [6, 6.07) is 5.38. The lowest BCUT2D eigenvalue weighted by Crippen LogP contribution is -2.13. The Bertz CT molecular complexity index is 577. The van der Waals surface area contributed by atoms with Crippen LogP contribution in [0.15, 0.2) is 23.4 Å². The standard InChI is InChI=1S/C10H10ClN5O2S/c1-18-9(17)5-16-10(13-14-15-16)19-6-7-3-2-4-8(11)12-7/h2-4H,5-6H2,1H3. The number of tetrazole rings is 1. The minimum Gasteiger partial charge on any atom is -0.468 e. The van der Waals surface area contributed by atoms with Crippen molar-refractivity contribution < 1.29 is 9.53 Å². The zero-order valence-electron chi connectivity index (χ0n) is 9.99. The molecule has 0 aliphatic rings. The summed E-state index contributed by atoms with van der Waals surface area (Å²) >= 11 is 7.16. The molecule has 0 atom stereocenters. The van der Waals surface area contributed by atoms with Crippen molar-refractivity contribution in [1.29, 1.82) is 0 Å². The van der Waals surface area contributed by atoms with Crippen molar-refractivity contribution in [3.05, 3.63) is 29.0 Å². The topological polar surface area (TPSA) is 82.8 Å². The predicted octanol–water partition coefficient (Wildman–Crippen LogP) is 1.19. The van der Waals surface area contributed by atoms with Crippen LogP contribution in [0.4, 0.5) is 0 Å². The van der Waals surface area contributed by atoms with E-state index >= 15 is 0 Å². The lowest BCUT2D eigenvalue weighted by molar-refractivity contribution is -0.141. The van der Waals surface area contributed by atoms with Crippen LogP contribution in [-0.2, 0) is 21.8 Å². The van der Waals surface area contributed by atoms with Gasteiger partial charge in [0.1, 0.15) is 11.7 Å². The third kappa shape index (κ3) is 3.90. The number of nitrogens with zero attached hydrogens (tertiary/aromatic N) is 5. The third-order valence-electron chi connectivity index (χ3n) is 2.13. The Morgan fingerprint density at radius 1 is 1.53 bits per heavy atom. The first-order valence-electron chi connectivity index (χ1n) is 5.26. The first-order chi connectivity index (χ1) is 9.19. The lowest BCUT2D eigenvalue weighted by atomic mass is 10.4. The van der Waals surface area contributed by atoms with E-state index in [0.717, 1.165) is 5.69 Å². The Morgan fingerprint density at radius 2 is 2.37 bits per heavy atom. The molecule has 2 aromatic rings. The maximum Gasteiger partial charge on any atom is 0.327 e. The zero-order chi connectivity index (χ0) is 13.7. The van der Waals surface area contributed by atoms with Crippen LogP contribution in [0, 0.1) is 0 Å². The summed E-state index contributed by atoms with van der Waals surface area (Å²) in [5, 5.41) is 12.0. The number of hydrogen-bond acceptors (Lipinski definition) is 7. The molecular weight excluding hydrogens is 290 g/mol. The van der Waals surface area contributed by atoms with E-state index in [2.05, 4.69) is 25.2 Å². The molecule has 19 heavy (non-hydrogen) atoms. The predicted molar refractivity (Wildman–Crippen MR) is 68.6 cm³/mol. The summed E-state index contributed by atoms with van der Waals surface area (Å²) < 4.78 is 5.94. The summed E-state index contributed by atoms with van der Waals surface area (Å²) in [6.45, 7) is -0.0190. The van der Waals surface area contributed by atoms with Crippen molar-refractivity contribution in [1.82, 2.24) is 25.2 Å². The molecule has 9 heteroatoms. The Morgan fingerprint density at radius 3 is 3.11 bits per heavy atom. The fraction of sp³-hybridized carbons (Fsp3) is 0.300. The number of rotatable bonds is 5. The molecule has 0 aromatic carbocycles. The summed E-state index contributed by atoms with van der Waals surface area (Å²) in [4.78, 5) is 15.3. The highest BCUT2D eigenvalue weighted by Gasteiger charge is 2.11. The molecule has 0 saturated carbocycles. The van der Waals surface area contributed by atoms with Crippen molar-refractivity contribution in [2.45, 2.75) is 17.5 Å². The van der Waals surface area contributed by atoms with Gasteiger partial charge in [0.25, 0.3) is 0 Å². The van der Waals surface area contributed by atoms with Gasteiger partial charge in [-0.1, -0.05) is 29.4 Å². The minimum atomic E-state index is -0.407. The van der Waals surface area contributed by atoms with Gasteiger partial charge in [0, 0.05) is 5.75 Å². The normalized spacial score (nSPS) is 10.4. The van der Waals surface area contributed by atoms with Crippen LogP contribution in [0.5, 0.6) is 0 Å². The molecule has 2 heterocycles. The maximum absolute atomic E-state index is 11.2. The largest absolute Gasteiger partial charge is 0.468 e. The number of thioether (sulfide) groups is 1. The molecule has 0 aliphatic carbocycles. The van der Waals surface area contributed by atoms with E-state index in [9.17, 15) is 4.79 Å². The highest BCUT2D eigenvalue weighted by atomic mass is 35.5. The number of esters is 1. The van der Waals surface area contributed by atoms with Gasteiger partial charge in [0.15, 0.2) is 0 Å². The van der Waals surface area contributed by atoms with E-state index in [1.807, 2.05) is 12.1 Å². The maximum atomic E-state index is 11.2. The van der Waals surface area contributed by atoms with Gasteiger partial charge >= 0.3 is 5.97 Å². The number of ether oxygens (including phenoxy) is 1. The van der Waals surface area contributed by atoms with E-state index in [0.29, 0.717) is 16.1 Å². The van der Waals surface area contributed by atoms with Gasteiger partial charge in [-0.15, -0.1) is 5.10 Å². The van der Waals surface area contributed by atoms with Crippen LogP contribution >= 0.6 is 23.4 Å². The molecule has 7 nitrogen and oxygen atoms in total. The van der Waals surface area contributed by atoms with Crippen LogP contribution in [0.2, 0.25) is 5.15 Å². The second-order valence-corrected chi connectivity index (χ2v) is 4.77. The van der Waals surface area contributed by atoms with Gasteiger partial charge in [0.05, 0.1) is 12.8 Å². The first kappa shape index (κ1) is 13.8. The number of carbonyl (C=O) groups excluding carboxylic acids is 1. The smallest absolute Gasteiger partial charge is 0.327 e. The molecule has 2 aromatic heterocycles. The highest BCUT2D eigenvalue weighted by Crippen LogP contribution is 2.19. The molecule has 0 N–H and O–H groups in total. The average Bonchev–Trinajstić information content (AvgIpc) is 2.83. The monoisotopic (exact) mass is 299 g/mol. The van der Waals surface area contributed by atoms with Crippen molar-refractivity contribution in [2.75, 3.05) is 7.11 Å². The van der Waals surface area contributed by atoms with E-state index in [1.54, 1.807) is 6.07 Å². The van der Waals surface area contributed by atoms with Gasteiger partial charge in [-0.3, -0.25) is 4.79 Å². The molecular formula is C10H10ClN5O2S. The number of hydrogen-bond donors (Lipinski definition) is 0. The molecule has 0 aliphatic heterocycles. The van der Waals surface area contributed by atoms with Crippen molar-refractivity contribution >= 4 is 29.3 Å². The fourth-order valence-corrected chi connectivity index (χ4v) is 2.22. The minimum absolute atomic E-state index is 0.0190. The highest BCUT2D eigenvalue weighted by molar-refractivity contribution is 7.98. The molecule has 0 bridgehead atoms. The van der Waals surface area contributed by atoms with E-state index < -0.39 is 5.97 Å². The van der Waals surface area contributed by atoms with Crippen LogP contribution in [0.25, 0.3) is 0 Å². The Labute approximate surface area is 118 Å². The SMILES string of the molecule is COC(=O)Cn1nnnc1SCc1cccc(Cl)n1. The Kier molecular flexibility index (Phi) is 4.69. The first-order valence-corrected chi connectivity index (χ1v) is 6.62. The average molecular weight is 300 g/mol. The number of aromatic nitrogens is 5. The molecule has 0 fully saturated rings. The summed E-state index contributed by atoms with van der Waals surface area (Å²) in [7, 11) is 1.31. The Hall–Kier alpha value is -1.67. The van der Waals surface area contributed by atoms with Crippen LogP contribution < -0.4 is 0 Å². The molecule has 0 spiro atoms. The number of halogens is 1. The summed E-state index contributed by atoms with van der Waals surface area (Å²) in [5.74, 6) is 0.150. The molecule has 0 unspecified atom stereocenters. The fourth-order valence-electron chi connectivity index (χ4n) is 1.26. The quantitative estimate of drug-likeness (QED) is 0.466. The summed E-state index contributed by atoms with van der Waals surface area (Å²) in [5.41, 5.74) is 0.810. The summed E-state index contributed by atoms with van der Waals surface area (Å²) in [6.07, 6.45) is 0. The van der Waals surface area contributed by atoms with Crippen molar-refractivity contribution in [3.8, 4) is 0 Å². The van der Waals surface area contributed by atoms with Crippen LogP contribution in [-0.4, -0.2) is 38.3 Å². The van der Waals surface area contributed by atoms with Gasteiger partial charge in [-0.05, 0) is 22.6 Å². The zero-order valence-corrected chi connectivity index (χ0v) is 11.6. The van der Waals surface area contributed by atoms with E-state index in [-0.39, 0.29) is 6.54 Å². The number of pyridine rings is 1. The molecule has 0 saturated heterocycles. The van der Waals surface area contributed by atoms with Gasteiger partial charge in [-0.25, -0.2) is 9.67 Å². The van der Waals surface area contributed by atoms with Gasteiger partial charge in [-0.2, -0.15) is 0 Å². The van der Waals surface area contributed by atoms with E-state index in [4.69, 9.17) is 11.6 Å². The van der Waals surface area contributed by atoms with Crippen LogP contribution in [0.3, 0.4) is 0 Å². The van der Waals surface area contributed by atoms with Gasteiger partial charge in [0.2, 0.25) is 5.16 Å². The Balaban J connectivity index is 2.00. The molecule has 0 radical (unpaired) electrons. The van der Waals surface area contributed by atoms with Crippen molar-refractivity contribution in [3.63, 3.8) is 0 Å². The van der Waals surface area contributed by atoms with Gasteiger partial charge < -0.3 is 4.74 Å². The second kappa shape index (κ2) is 6.48. The molecule has 100 valence electrons. The third-order valence-corrected chi connectivity index (χ3v) is 3.33. The number of methoxy groups -OCH3 is 1. The van der Waals surface area contributed by atoms with E-state index in [1.165, 1.54) is 23.6 Å². The molecule has 0 amide bonds. The second-order valence-electron chi connectivity index (χ2n) is 3.44.